The van der Waals surface area contributed by atoms with Gasteiger partial charge >= 0.3 is 0 Å². The van der Waals surface area contributed by atoms with E-state index in [2.05, 4.69) is 0 Å². The molecular weight excluding hydrogens is 377 g/mol. The van der Waals surface area contributed by atoms with Crippen LogP contribution in [0.15, 0.2) is 76.9 Å². The van der Waals surface area contributed by atoms with Gasteiger partial charge in [0, 0.05) is 5.69 Å². The van der Waals surface area contributed by atoms with Crippen molar-refractivity contribution in [1.82, 2.24) is 0 Å². The first-order valence-electron chi connectivity index (χ1n) is 8.76. The van der Waals surface area contributed by atoms with E-state index in [9.17, 15) is 19.1 Å². The van der Waals surface area contributed by atoms with Gasteiger partial charge in [0.15, 0.2) is 0 Å². The molecule has 4 rings (SSSR count). The number of amides is 1. The van der Waals surface area contributed by atoms with Gasteiger partial charge in [-0.2, -0.15) is 0 Å². The molecule has 1 saturated heterocycles. The number of ketones is 1. The van der Waals surface area contributed by atoms with E-state index < -0.39 is 23.5 Å². The fourth-order valence-electron chi connectivity index (χ4n) is 3.40. The Morgan fingerprint density at radius 1 is 1.07 bits per heavy atom. The molecule has 1 aliphatic rings. The smallest absolute Gasteiger partial charge is 0.300 e. The molecule has 2 aromatic carbocycles. The van der Waals surface area contributed by atoms with Crippen molar-refractivity contribution in [2.75, 3.05) is 12.0 Å². The van der Waals surface area contributed by atoms with Gasteiger partial charge in [-0.1, -0.05) is 12.1 Å². The number of methoxy groups -OCH3 is 1. The Balaban J connectivity index is 1.94. The molecule has 0 bridgehead atoms. The van der Waals surface area contributed by atoms with Gasteiger partial charge in [-0.25, -0.2) is 4.39 Å². The fourth-order valence-corrected chi connectivity index (χ4v) is 3.40. The number of nitrogens with zero attached hydrogens (tertiary/aromatic N) is 1. The molecule has 1 unspecified atom stereocenters. The Kier molecular flexibility index (Phi) is 4.64. The van der Waals surface area contributed by atoms with Crippen LogP contribution in [-0.4, -0.2) is 23.9 Å². The number of Topliss-reactive ketones (excluding diaryl/α,β-unsaturated/α-hetero) is 1. The number of furan rings is 1. The molecule has 2 heterocycles. The largest absolute Gasteiger partial charge is 0.507 e. The summed E-state index contributed by atoms with van der Waals surface area (Å²) in [6, 6.07) is 14.0. The van der Waals surface area contributed by atoms with Crippen molar-refractivity contribution in [3.8, 4) is 5.75 Å². The number of carbonyl (C=O) groups excluding carboxylic acids is 2. The molecule has 0 aliphatic carbocycles. The van der Waals surface area contributed by atoms with Crippen molar-refractivity contribution < 1.29 is 28.2 Å². The van der Waals surface area contributed by atoms with Gasteiger partial charge in [-0.15, -0.1) is 0 Å². The van der Waals surface area contributed by atoms with E-state index in [1.165, 1.54) is 42.5 Å². The van der Waals surface area contributed by atoms with Crippen LogP contribution in [0, 0.1) is 5.82 Å². The van der Waals surface area contributed by atoms with E-state index in [0.717, 1.165) is 0 Å². The van der Waals surface area contributed by atoms with Gasteiger partial charge in [-0.05, 0) is 48.5 Å². The Morgan fingerprint density at radius 2 is 1.79 bits per heavy atom. The van der Waals surface area contributed by atoms with Crippen LogP contribution in [-0.2, 0) is 9.59 Å². The second-order valence-electron chi connectivity index (χ2n) is 6.36. The van der Waals surface area contributed by atoms with Gasteiger partial charge in [0.1, 0.15) is 29.1 Å². The van der Waals surface area contributed by atoms with Gasteiger partial charge in [0.25, 0.3) is 11.7 Å². The molecule has 0 spiro atoms. The zero-order valence-electron chi connectivity index (χ0n) is 15.3. The predicted molar refractivity (Wildman–Crippen MR) is 103 cm³/mol. The van der Waals surface area contributed by atoms with Crippen LogP contribution in [0.4, 0.5) is 10.1 Å². The maximum Gasteiger partial charge on any atom is 0.300 e. The lowest BCUT2D eigenvalue weighted by atomic mass is 9.98. The SMILES string of the molecule is COc1ccccc1/C(O)=C1/C(=O)C(=O)N(c2ccc(F)cc2)C1c1ccco1. The molecule has 7 heteroatoms. The maximum atomic E-state index is 13.4. The minimum absolute atomic E-state index is 0.140. The molecule has 1 N–H and O–H groups in total. The molecule has 1 fully saturated rings. The van der Waals surface area contributed by atoms with Crippen LogP contribution < -0.4 is 9.64 Å². The number of ether oxygens (including phenoxy) is 1. The quantitative estimate of drug-likeness (QED) is 0.411. The maximum absolute atomic E-state index is 13.4. The van der Waals surface area contributed by atoms with E-state index in [1.807, 2.05) is 0 Å². The van der Waals surface area contributed by atoms with Crippen molar-refractivity contribution in [1.29, 1.82) is 0 Å². The Hall–Kier alpha value is -3.87. The molecule has 0 radical (unpaired) electrons. The molecule has 1 aromatic heterocycles. The molecule has 146 valence electrons. The van der Waals surface area contributed by atoms with Crippen LogP contribution in [0.1, 0.15) is 17.4 Å². The van der Waals surface area contributed by atoms with Crippen molar-refractivity contribution in [2.24, 2.45) is 0 Å². The Morgan fingerprint density at radius 3 is 2.45 bits per heavy atom. The van der Waals surface area contributed by atoms with Gasteiger partial charge < -0.3 is 14.3 Å². The van der Waals surface area contributed by atoms with Crippen LogP contribution >= 0.6 is 0 Å². The van der Waals surface area contributed by atoms with Gasteiger partial charge in [0.2, 0.25) is 0 Å². The lowest BCUT2D eigenvalue weighted by Gasteiger charge is -2.23. The summed E-state index contributed by atoms with van der Waals surface area (Å²) in [5.74, 6) is -1.96. The van der Waals surface area contributed by atoms with E-state index in [4.69, 9.17) is 9.15 Å². The third-order valence-corrected chi connectivity index (χ3v) is 4.72. The summed E-state index contributed by atoms with van der Waals surface area (Å²) < 4.78 is 24.1. The molecule has 0 saturated carbocycles. The Bertz CT molecular complexity index is 1100. The zero-order valence-corrected chi connectivity index (χ0v) is 15.3. The molecule has 1 atom stereocenters. The van der Waals surface area contributed by atoms with E-state index in [-0.39, 0.29) is 22.7 Å². The number of hydrogen-bond acceptors (Lipinski definition) is 5. The van der Waals surface area contributed by atoms with E-state index in [0.29, 0.717) is 11.4 Å². The number of benzene rings is 2. The first-order chi connectivity index (χ1) is 14.0. The van der Waals surface area contributed by atoms with E-state index >= 15 is 0 Å². The molecule has 6 nitrogen and oxygen atoms in total. The normalized spacial score (nSPS) is 18.3. The fraction of sp³-hybridized carbons (Fsp3) is 0.0909. The number of halogens is 1. The summed E-state index contributed by atoms with van der Waals surface area (Å²) in [4.78, 5) is 27.0. The lowest BCUT2D eigenvalue weighted by molar-refractivity contribution is -0.132. The highest BCUT2D eigenvalue weighted by atomic mass is 19.1. The van der Waals surface area contributed by atoms with Crippen LogP contribution in [0.3, 0.4) is 0 Å². The number of hydrogen-bond donors (Lipinski definition) is 1. The third-order valence-electron chi connectivity index (χ3n) is 4.72. The van der Waals surface area contributed by atoms with Gasteiger partial charge in [0.05, 0.1) is 24.5 Å². The van der Waals surface area contributed by atoms with Crippen LogP contribution in [0.25, 0.3) is 5.76 Å². The summed E-state index contributed by atoms with van der Waals surface area (Å²) in [6.07, 6.45) is 1.41. The predicted octanol–water partition coefficient (Wildman–Crippen LogP) is 4.05. The highest BCUT2D eigenvalue weighted by Crippen LogP contribution is 2.43. The highest BCUT2D eigenvalue weighted by Gasteiger charge is 2.48. The zero-order chi connectivity index (χ0) is 20.5. The van der Waals surface area contributed by atoms with Crippen molar-refractivity contribution in [3.63, 3.8) is 0 Å². The third kappa shape index (κ3) is 3.06. The lowest BCUT2D eigenvalue weighted by Crippen LogP contribution is -2.29. The number of anilines is 1. The molecule has 1 amide bonds. The topological polar surface area (TPSA) is 80.0 Å². The first kappa shape index (κ1) is 18.5. The minimum atomic E-state index is -1.01. The highest BCUT2D eigenvalue weighted by molar-refractivity contribution is 6.51. The number of aliphatic hydroxyl groups excluding tert-OH is 1. The average Bonchev–Trinajstić information content (AvgIpc) is 3.35. The van der Waals surface area contributed by atoms with Crippen molar-refractivity contribution in [2.45, 2.75) is 6.04 Å². The summed E-state index contributed by atoms with van der Waals surface area (Å²) >= 11 is 0. The standard InChI is InChI=1S/C22H16FNO5/c1-28-16-6-3-2-5-15(16)20(25)18-19(17-7-4-12-29-17)24(22(27)21(18)26)14-10-8-13(23)9-11-14/h2-12,19,25H,1H3/b20-18-. The number of carbonyl (C=O) groups is 2. The van der Waals surface area contributed by atoms with E-state index in [1.54, 1.807) is 36.4 Å². The van der Waals surface area contributed by atoms with Gasteiger partial charge in [-0.3, -0.25) is 14.5 Å². The summed E-state index contributed by atoms with van der Waals surface area (Å²) in [5.41, 5.74) is 0.427. The number of aliphatic hydroxyl groups is 1. The second-order valence-corrected chi connectivity index (χ2v) is 6.36. The molecule has 29 heavy (non-hydrogen) atoms. The average molecular weight is 393 g/mol. The number of para-hydroxylation sites is 1. The monoisotopic (exact) mass is 393 g/mol. The second kappa shape index (κ2) is 7.27. The van der Waals surface area contributed by atoms with Crippen molar-refractivity contribution >= 4 is 23.1 Å². The first-order valence-corrected chi connectivity index (χ1v) is 8.76. The van der Waals surface area contributed by atoms with Crippen molar-refractivity contribution in [3.05, 3.63) is 89.6 Å². The Labute approximate surface area is 165 Å². The van der Waals surface area contributed by atoms with Crippen LogP contribution in [0.2, 0.25) is 0 Å². The van der Waals surface area contributed by atoms with Crippen LogP contribution in [0.5, 0.6) is 5.75 Å². The number of rotatable bonds is 4. The summed E-state index contributed by atoms with van der Waals surface area (Å²) in [5, 5.41) is 11.0. The summed E-state index contributed by atoms with van der Waals surface area (Å²) in [6.45, 7) is 0. The molecular formula is C22H16FNO5. The molecule has 3 aromatic rings. The molecule has 1 aliphatic heterocycles. The summed E-state index contributed by atoms with van der Waals surface area (Å²) in [7, 11) is 1.44. The minimum Gasteiger partial charge on any atom is -0.507 e.